The van der Waals surface area contributed by atoms with Crippen molar-refractivity contribution in [2.45, 2.75) is 45.1 Å². The maximum Gasteiger partial charge on any atom is 0.0393 e. The van der Waals surface area contributed by atoms with Gasteiger partial charge < -0.3 is 10.2 Å². The van der Waals surface area contributed by atoms with Crippen LogP contribution in [-0.4, -0.2) is 26.2 Å². The smallest absolute Gasteiger partial charge is 0.0393 e. The Labute approximate surface area is 111 Å². The zero-order chi connectivity index (χ0) is 12.8. The van der Waals surface area contributed by atoms with Crippen LogP contribution in [-0.2, 0) is 0 Å². The molecule has 0 amide bonds. The van der Waals surface area contributed by atoms with Crippen molar-refractivity contribution in [1.29, 1.82) is 0 Å². The third kappa shape index (κ3) is 3.74. The Bertz CT molecular complexity index is 356. The van der Waals surface area contributed by atoms with Gasteiger partial charge >= 0.3 is 0 Å². The maximum atomic E-state index is 3.70. The first-order valence-electron chi connectivity index (χ1n) is 7.27. The summed E-state index contributed by atoms with van der Waals surface area (Å²) in [6, 6.07) is 9.38. The third-order valence-electron chi connectivity index (χ3n) is 4.01. The van der Waals surface area contributed by atoms with Gasteiger partial charge in [-0.15, -0.1) is 0 Å². The van der Waals surface area contributed by atoms with E-state index in [-0.39, 0.29) is 0 Å². The Kier molecular flexibility index (Phi) is 5.06. The van der Waals surface area contributed by atoms with Crippen molar-refractivity contribution in [3.63, 3.8) is 0 Å². The van der Waals surface area contributed by atoms with E-state index in [0.717, 1.165) is 19.1 Å². The molecule has 0 saturated heterocycles. The van der Waals surface area contributed by atoms with E-state index in [1.165, 1.54) is 43.4 Å². The number of nitrogens with zero attached hydrogens (tertiary/aromatic N) is 1. The highest BCUT2D eigenvalue weighted by molar-refractivity contribution is 5.52. The maximum absolute atomic E-state index is 3.70. The first-order valence-corrected chi connectivity index (χ1v) is 7.27. The van der Waals surface area contributed by atoms with E-state index in [4.69, 9.17) is 0 Å². The van der Waals surface area contributed by atoms with Gasteiger partial charge in [0.15, 0.2) is 0 Å². The molecule has 1 N–H and O–H groups in total. The predicted molar refractivity (Wildman–Crippen MR) is 79.3 cm³/mol. The molecule has 0 spiro atoms. The van der Waals surface area contributed by atoms with Gasteiger partial charge in [-0.2, -0.15) is 0 Å². The monoisotopic (exact) mass is 246 g/mol. The minimum atomic E-state index is 0.768. The molecule has 1 aliphatic rings. The number of anilines is 1. The van der Waals surface area contributed by atoms with Crippen LogP contribution in [0.3, 0.4) is 0 Å². The van der Waals surface area contributed by atoms with Gasteiger partial charge in [-0.1, -0.05) is 37.5 Å². The van der Waals surface area contributed by atoms with Crippen LogP contribution in [0.25, 0.3) is 0 Å². The van der Waals surface area contributed by atoms with Crippen LogP contribution in [0.1, 0.15) is 37.7 Å². The Balaban J connectivity index is 1.74. The van der Waals surface area contributed by atoms with Crippen LogP contribution >= 0.6 is 0 Å². The van der Waals surface area contributed by atoms with Crippen molar-refractivity contribution in [3.05, 3.63) is 29.8 Å². The van der Waals surface area contributed by atoms with Crippen LogP contribution in [0.5, 0.6) is 0 Å². The second-order valence-corrected chi connectivity index (χ2v) is 5.50. The summed E-state index contributed by atoms with van der Waals surface area (Å²) in [5.41, 5.74) is 2.71. The number of rotatable bonds is 5. The first kappa shape index (κ1) is 13.4. The van der Waals surface area contributed by atoms with Gasteiger partial charge in [-0.25, -0.2) is 0 Å². The fourth-order valence-electron chi connectivity index (χ4n) is 2.86. The minimum absolute atomic E-state index is 0.768. The molecule has 1 aliphatic carbocycles. The molecule has 0 aromatic heterocycles. The molecule has 2 rings (SSSR count). The Morgan fingerprint density at radius 2 is 1.89 bits per heavy atom. The number of benzene rings is 1. The molecule has 1 aromatic rings. The predicted octanol–water partition coefficient (Wildman–Crippen LogP) is 3.35. The molecule has 1 saturated carbocycles. The van der Waals surface area contributed by atoms with Crippen LogP contribution in [0.15, 0.2) is 24.3 Å². The lowest BCUT2D eigenvalue weighted by Gasteiger charge is -2.26. The minimum Gasteiger partial charge on any atom is -0.373 e. The molecular formula is C16H26N2. The highest BCUT2D eigenvalue weighted by atomic mass is 15.1. The second kappa shape index (κ2) is 6.79. The zero-order valence-corrected chi connectivity index (χ0v) is 11.8. The average molecular weight is 246 g/mol. The average Bonchev–Trinajstić information content (AvgIpc) is 2.40. The van der Waals surface area contributed by atoms with Gasteiger partial charge in [-0.3, -0.25) is 0 Å². The lowest BCUT2D eigenvalue weighted by atomic mass is 9.95. The van der Waals surface area contributed by atoms with E-state index in [9.17, 15) is 0 Å². The topological polar surface area (TPSA) is 15.3 Å². The highest BCUT2D eigenvalue weighted by Crippen LogP contribution is 2.18. The molecule has 2 heteroatoms. The summed E-state index contributed by atoms with van der Waals surface area (Å²) in [7, 11) is 2.19. The second-order valence-electron chi connectivity index (χ2n) is 5.50. The molecule has 0 unspecified atom stereocenters. The Morgan fingerprint density at radius 3 is 2.61 bits per heavy atom. The molecule has 1 fully saturated rings. The summed E-state index contributed by atoms with van der Waals surface area (Å²) >= 11 is 0. The summed E-state index contributed by atoms with van der Waals surface area (Å²) in [5.74, 6) is 0. The highest BCUT2D eigenvalue weighted by Gasteiger charge is 2.12. The fourth-order valence-corrected chi connectivity index (χ4v) is 2.86. The summed E-state index contributed by atoms with van der Waals surface area (Å²) in [6.07, 6.45) is 6.99. The SMILES string of the molecule is Cc1ccccc1N(C)CCNC1CCCCC1. The standard InChI is InChI=1S/C16H26N2/c1-14-8-6-7-11-16(14)18(2)13-12-17-15-9-4-3-5-10-15/h6-8,11,15,17H,3-5,9-10,12-13H2,1-2H3. The van der Waals surface area contributed by atoms with Crippen LogP contribution in [0.4, 0.5) is 5.69 Å². The van der Waals surface area contributed by atoms with Crippen molar-refractivity contribution in [2.75, 3.05) is 25.0 Å². The summed E-state index contributed by atoms with van der Waals surface area (Å²) in [5, 5.41) is 3.70. The van der Waals surface area contributed by atoms with Crippen molar-refractivity contribution in [2.24, 2.45) is 0 Å². The molecule has 100 valence electrons. The Morgan fingerprint density at radius 1 is 1.17 bits per heavy atom. The van der Waals surface area contributed by atoms with E-state index in [0.29, 0.717) is 0 Å². The van der Waals surface area contributed by atoms with Crippen LogP contribution in [0, 0.1) is 6.92 Å². The van der Waals surface area contributed by atoms with E-state index < -0.39 is 0 Å². The van der Waals surface area contributed by atoms with Gasteiger partial charge in [0, 0.05) is 31.9 Å². The number of hydrogen-bond acceptors (Lipinski definition) is 2. The summed E-state index contributed by atoms with van der Waals surface area (Å²) in [4.78, 5) is 2.35. The zero-order valence-electron chi connectivity index (χ0n) is 11.8. The molecule has 0 heterocycles. The molecule has 0 atom stereocenters. The van der Waals surface area contributed by atoms with Crippen LogP contribution < -0.4 is 10.2 Å². The van der Waals surface area contributed by atoms with Gasteiger partial charge in [-0.05, 0) is 31.4 Å². The largest absolute Gasteiger partial charge is 0.373 e. The molecule has 2 nitrogen and oxygen atoms in total. The van der Waals surface area contributed by atoms with Crippen LogP contribution in [0.2, 0.25) is 0 Å². The summed E-state index contributed by atoms with van der Waals surface area (Å²) in [6.45, 7) is 4.36. The lowest BCUT2D eigenvalue weighted by Crippen LogP contribution is -2.37. The Hall–Kier alpha value is -1.02. The van der Waals surface area contributed by atoms with Gasteiger partial charge in [0.25, 0.3) is 0 Å². The molecule has 0 bridgehead atoms. The third-order valence-corrected chi connectivity index (χ3v) is 4.01. The number of likely N-dealkylation sites (N-methyl/N-ethyl adjacent to an activating group) is 1. The molecular weight excluding hydrogens is 220 g/mol. The van der Waals surface area contributed by atoms with E-state index in [1.807, 2.05) is 0 Å². The van der Waals surface area contributed by atoms with E-state index in [1.54, 1.807) is 0 Å². The van der Waals surface area contributed by atoms with Crippen molar-refractivity contribution in [3.8, 4) is 0 Å². The number of aryl methyl sites for hydroxylation is 1. The normalized spacial score (nSPS) is 16.8. The molecule has 0 aliphatic heterocycles. The lowest BCUT2D eigenvalue weighted by molar-refractivity contribution is 0.376. The number of para-hydroxylation sites is 1. The fraction of sp³-hybridized carbons (Fsp3) is 0.625. The number of hydrogen-bond donors (Lipinski definition) is 1. The quantitative estimate of drug-likeness (QED) is 0.857. The van der Waals surface area contributed by atoms with E-state index >= 15 is 0 Å². The van der Waals surface area contributed by atoms with Crippen molar-refractivity contribution >= 4 is 5.69 Å². The molecule has 1 aromatic carbocycles. The van der Waals surface area contributed by atoms with Crippen molar-refractivity contribution < 1.29 is 0 Å². The number of nitrogens with one attached hydrogen (secondary N) is 1. The van der Waals surface area contributed by atoms with Crippen molar-refractivity contribution in [1.82, 2.24) is 5.32 Å². The molecule has 18 heavy (non-hydrogen) atoms. The van der Waals surface area contributed by atoms with E-state index in [2.05, 4.69) is 48.5 Å². The molecule has 0 radical (unpaired) electrons. The van der Waals surface area contributed by atoms with Gasteiger partial charge in [0.1, 0.15) is 0 Å². The van der Waals surface area contributed by atoms with Gasteiger partial charge in [0.05, 0.1) is 0 Å². The van der Waals surface area contributed by atoms with Gasteiger partial charge in [0.2, 0.25) is 0 Å². The summed E-state index contributed by atoms with van der Waals surface area (Å²) < 4.78 is 0. The first-order chi connectivity index (χ1) is 8.77.